The van der Waals surface area contributed by atoms with Gasteiger partial charge < -0.3 is 10.2 Å². The Hall–Kier alpha value is -2.38. The predicted molar refractivity (Wildman–Crippen MR) is 111 cm³/mol. The summed E-state index contributed by atoms with van der Waals surface area (Å²) in [5.41, 5.74) is 2.26. The van der Waals surface area contributed by atoms with Crippen LogP contribution in [0.5, 0.6) is 0 Å². The third-order valence-corrected chi connectivity index (χ3v) is 6.77. The van der Waals surface area contributed by atoms with Crippen LogP contribution in [0.1, 0.15) is 29.8 Å². The molecule has 150 valence electrons. The number of piperazine rings is 1. The van der Waals surface area contributed by atoms with Crippen LogP contribution < -0.4 is 10.2 Å². The van der Waals surface area contributed by atoms with E-state index in [1.165, 1.54) is 10.4 Å². The van der Waals surface area contributed by atoms with Crippen molar-refractivity contribution in [1.29, 1.82) is 0 Å². The largest absolute Gasteiger partial charge is 0.369 e. The zero-order valence-corrected chi connectivity index (χ0v) is 17.4. The molecule has 0 spiro atoms. The fraction of sp³-hybridized carbons (Fsp3) is 0.381. The molecule has 2 aromatic rings. The lowest BCUT2D eigenvalue weighted by Crippen LogP contribution is -2.48. The van der Waals surface area contributed by atoms with Gasteiger partial charge in [-0.15, -0.1) is 0 Å². The van der Waals surface area contributed by atoms with Gasteiger partial charge in [-0.05, 0) is 50.6 Å². The highest BCUT2D eigenvalue weighted by Crippen LogP contribution is 2.23. The molecule has 28 heavy (non-hydrogen) atoms. The Balaban J connectivity index is 1.77. The number of anilines is 1. The third-order valence-electron chi connectivity index (χ3n) is 4.87. The van der Waals surface area contributed by atoms with Crippen molar-refractivity contribution in [2.24, 2.45) is 0 Å². The van der Waals surface area contributed by atoms with Gasteiger partial charge >= 0.3 is 0 Å². The first-order chi connectivity index (χ1) is 13.3. The summed E-state index contributed by atoms with van der Waals surface area (Å²) in [4.78, 5) is 14.8. The molecular formula is C21H27N3O3S. The fourth-order valence-electron chi connectivity index (χ4n) is 3.32. The molecule has 0 bridgehead atoms. The number of hydrogen-bond acceptors (Lipinski definition) is 4. The monoisotopic (exact) mass is 401 g/mol. The second-order valence-corrected chi connectivity index (χ2v) is 9.27. The van der Waals surface area contributed by atoms with E-state index in [4.69, 9.17) is 0 Å². The van der Waals surface area contributed by atoms with E-state index >= 15 is 0 Å². The number of carbonyl (C=O) groups is 1. The van der Waals surface area contributed by atoms with E-state index in [9.17, 15) is 13.2 Å². The number of amides is 1. The number of para-hydroxylation sites is 1. The molecule has 6 nitrogen and oxygen atoms in total. The van der Waals surface area contributed by atoms with Gasteiger partial charge in [0.25, 0.3) is 5.91 Å². The zero-order chi connectivity index (χ0) is 20.3. The Bertz CT molecular complexity index is 935. The van der Waals surface area contributed by atoms with Gasteiger partial charge in [0.05, 0.1) is 4.90 Å². The van der Waals surface area contributed by atoms with E-state index in [0.29, 0.717) is 31.7 Å². The quantitative estimate of drug-likeness (QED) is 0.836. The van der Waals surface area contributed by atoms with Gasteiger partial charge in [0.15, 0.2) is 0 Å². The average molecular weight is 402 g/mol. The van der Waals surface area contributed by atoms with Gasteiger partial charge in [0.1, 0.15) is 0 Å². The van der Waals surface area contributed by atoms with Crippen molar-refractivity contribution >= 4 is 21.6 Å². The molecule has 0 radical (unpaired) electrons. The van der Waals surface area contributed by atoms with Gasteiger partial charge in [0, 0.05) is 43.5 Å². The van der Waals surface area contributed by atoms with Crippen LogP contribution in [-0.2, 0) is 10.0 Å². The molecule has 1 aliphatic heterocycles. The molecule has 0 saturated carbocycles. The molecule has 0 aliphatic carbocycles. The topological polar surface area (TPSA) is 69.7 Å². The van der Waals surface area contributed by atoms with E-state index in [-0.39, 0.29) is 16.8 Å². The molecule has 7 heteroatoms. The number of rotatable bonds is 5. The maximum absolute atomic E-state index is 13.1. The third kappa shape index (κ3) is 4.36. The molecular weight excluding hydrogens is 374 g/mol. The van der Waals surface area contributed by atoms with Crippen LogP contribution in [-0.4, -0.2) is 50.9 Å². The number of nitrogens with one attached hydrogen (secondary N) is 1. The first-order valence-electron chi connectivity index (χ1n) is 9.50. The predicted octanol–water partition coefficient (Wildman–Crippen LogP) is 2.64. The maximum atomic E-state index is 13.1. The fourth-order valence-corrected chi connectivity index (χ4v) is 4.77. The summed E-state index contributed by atoms with van der Waals surface area (Å²) >= 11 is 0. The van der Waals surface area contributed by atoms with Crippen LogP contribution in [0.2, 0.25) is 0 Å². The lowest BCUT2D eigenvalue weighted by molar-refractivity contribution is 0.0942. The second-order valence-electron chi connectivity index (χ2n) is 7.33. The summed E-state index contributed by atoms with van der Waals surface area (Å²) in [7, 11) is -3.64. The lowest BCUT2D eigenvalue weighted by atomic mass is 10.1. The highest BCUT2D eigenvalue weighted by Gasteiger charge is 2.29. The van der Waals surface area contributed by atoms with Crippen LogP contribution in [0.25, 0.3) is 0 Å². The van der Waals surface area contributed by atoms with Crippen LogP contribution in [0, 0.1) is 6.92 Å². The van der Waals surface area contributed by atoms with Crippen molar-refractivity contribution in [1.82, 2.24) is 9.62 Å². The molecule has 3 rings (SSSR count). The first kappa shape index (κ1) is 20.4. The van der Waals surface area contributed by atoms with Crippen molar-refractivity contribution in [3.63, 3.8) is 0 Å². The SMILES string of the molecule is Cc1ccc(S(=O)(=O)N2CCN(c3ccccc3)CC2)cc1C(=O)NC(C)C. The molecule has 2 aromatic carbocycles. The molecule has 0 atom stereocenters. The molecule has 1 N–H and O–H groups in total. The molecule has 0 aromatic heterocycles. The first-order valence-corrected chi connectivity index (χ1v) is 10.9. The van der Waals surface area contributed by atoms with E-state index in [1.807, 2.05) is 51.1 Å². The van der Waals surface area contributed by atoms with Gasteiger partial charge in [0.2, 0.25) is 10.0 Å². The van der Waals surface area contributed by atoms with Crippen molar-refractivity contribution in [2.45, 2.75) is 31.7 Å². The van der Waals surface area contributed by atoms with E-state index in [1.54, 1.807) is 12.1 Å². The Morgan fingerprint density at radius 2 is 1.64 bits per heavy atom. The minimum atomic E-state index is -3.64. The van der Waals surface area contributed by atoms with Crippen LogP contribution >= 0.6 is 0 Å². The van der Waals surface area contributed by atoms with Crippen molar-refractivity contribution in [2.75, 3.05) is 31.1 Å². The lowest BCUT2D eigenvalue weighted by Gasteiger charge is -2.35. The number of carbonyl (C=O) groups excluding carboxylic acids is 1. The van der Waals surface area contributed by atoms with Crippen LogP contribution in [0.3, 0.4) is 0 Å². The average Bonchev–Trinajstić information content (AvgIpc) is 2.68. The Morgan fingerprint density at radius 3 is 2.25 bits per heavy atom. The van der Waals surface area contributed by atoms with Gasteiger partial charge in [-0.2, -0.15) is 4.31 Å². The summed E-state index contributed by atoms with van der Waals surface area (Å²) in [6.07, 6.45) is 0. The Morgan fingerprint density at radius 1 is 1.00 bits per heavy atom. The van der Waals surface area contributed by atoms with Gasteiger partial charge in [-0.3, -0.25) is 4.79 Å². The number of sulfonamides is 1. The molecule has 0 unspecified atom stereocenters. The number of aryl methyl sites for hydroxylation is 1. The maximum Gasteiger partial charge on any atom is 0.251 e. The molecule has 1 amide bonds. The normalized spacial score (nSPS) is 15.6. The van der Waals surface area contributed by atoms with Crippen LogP contribution in [0.15, 0.2) is 53.4 Å². The number of benzene rings is 2. The van der Waals surface area contributed by atoms with Gasteiger partial charge in [-0.1, -0.05) is 24.3 Å². The summed E-state index contributed by atoms with van der Waals surface area (Å²) in [5.74, 6) is -0.251. The molecule has 1 heterocycles. The zero-order valence-electron chi connectivity index (χ0n) is 16.6. The van der Waals surface area contributed by atoms with E-state index in [2.05, 4.69) is 10.2 Å². The van der Waals surface area contributed by atoms with Crippen molar-refractivity contribution in [3.05, 3.63) is 59.7 Å². The number of hydrogen-bond donors (Lipinski definition) is 1. The van der Waals surface area contributed by atoms with Crippen LogP contribution in [0.4, 0.5) is 5.69 Å². The highest BCUT2D eigenvalue weighted by molar-refractivity contribution is 7.89. The van der Waals surface area contributed by atoms with Crippen molar-refractivity contribution < 1.29 is 13.2 Å². The molecule has 1 saturated heterocycles. The van der Waals surface area contributed by atoms with E-state index in [0.717, 1.165) is 11.3 Å². The minimum Gasteiger partial charge on any atom is -0.369 e. The summed E-state index contributed by atoms with van der Waals surface area (Å²) in [5, 5.41) is 2.83. The minimum absolute atomic E-state index is 0.0155. The summed E-state index contributed by atoms with van der Waals surface area (Å²) < 4.78 is 27.7. The molecule has 1 aliphatic rings. The van der Waals surface area contributed by atoms with Crippen molar-refractivity contribution in [3.8, 4) is 0 Å². The molecule has 1 fully saturated rings. The second kappa shape index (κ2) is 8.32. The summed E-state index contributed by atoms with van der Waals surface area (Å²) in [6, 6.07) is 14.7. The Labute approximate surface area is 167 Å². The smallest absolute Gasteiger partial charge is 0.251 e. The highest BCUT2D eigenvalue weighted by atomic mass is 32.2. The Kier molecular flexibility index (Phi) is 6.05. The summed E-state index contributed by atoms with van der Waals surface area (Å²) in [6.45, 7) is 7.66. The standard InChI is InChI=1S/C21H27N3O3S/c1-16(2)22-21(25)20-15-19(10-9-17(20)3)28(26,27)24-13-11-23(12-14-24)18-7-5-4-6-8-18/h4-10,15-16H,11-14H2,1-3H3,(H,22,25). The number of nitrogens with zero attached hydrogens (tertiary/aromatic N) is 2. The van der Waals surface area contributed by atoms with Gasteiger partial charge in [-0.25, -0.2) is 8.42 Å². The van der Waals surface area contributed by atoms with E-state index < -0.39 is 10.0 Å².